The van der Waals surface area contributed by atoms with E-state index in [1.807, 2.05) is 60.7 Å². The van der Waals surface area contributed by atoms with Crippen LogP contribution in [0, 0.1) is 0 Å². The van der Waals surface area contributed by atoms with E-state index in [1.54, 1.807) is 12.4 Å². The fraction of sp³-hybridized carbons (Fsp3) is 0. The van der Waals surface area contributed by atoms with E-state index in [2.05, 4.69) is 9.97 Å². The number of benzene rings is 2. The summed E-state index contributed by atoms with van der Waals surface area (Å²) in [5.41, 5.74) is 14.6. The number of nitrogen functional groups attached to an aromatic ring is 2. The van der Waals surface area contributed by atoms with Crippen molar-refractivity contribution in [1.82, 2.24) is 9.97 Å². The van der Waals surface area contributed by atoms with Crippen LogP contribution in [0.5, 0.6) is 0 Å². The van der Waals surface area contributed by atoms with Crippen molar-refractivity contribution in [3.05, 3.63) is 73.1 Å². The number of anilines is 2. The molecule has 119 valence electrons. The summed E-state index contributed by atoms with van der Waals surface area (Å²) in [6.07, 6.45) is 3.50. The van der Waals surface area contributed by atoms with Crippen LogP contribution in [-0.4, -0.2) is 9.97 Å². The Morgan fingerprint density at radius 1 is 0.565 bits per heavy atom. The van der Waals surface area contributed by atoms with Gasteiger partial charge in [-0.1, -0.05) is 36.4 Å². The Balaban J connectivity index is 0.000000160. The summed E-state index contributed by atoms with van der Waals surface area (Å²) in [7, 11) is 0. The van der Waals surface area contributed by atoms with Gasteiger partial charge in [-0.25, -0.2) is 0 Å². The van der Waals surface area contributed by atoms with Crippen molar-refractivity contribution in [3.63, 3.8) is 0 Å². The molecule has 23 heavy (non-hydrogen) atoms. The molecule has 0 aliphatic heterocycles. The van der Waals surface area contributed by atoms with Gasteiger partial charge in [0.2, 0.25) is 0 Å². The molecule has 0 amide bonds. The molecule has 0 unspecified atom stereocenters. The first-order chi connectivity index (χ1) is 10.8. The summed E-state index contributed by atoms with van der Waals surface area (Å²) in [5, 5.41) is 2.18. The third kappa shape index (κ3) is 3.77. The van der Waals surface area contributed by atoms with E-state index in [0.29, 0.717) is 0 Å². The number of rotatable bonds is 0. The van der Waals surface area contributed by atoms with Gasteiger partial charge in [-0.15, -0.1) is 0 Å². The Kier molecular flexibility index (Phi) is 5.52. The first-order valence-electron chi connectivity index (χ1n) is 6.94. The summed E-state index contributed by atoms with van der Waals surface area (Å²) >= 11 is 0. The predicted octanol–water partition coefficient (Wildman–Crippen LogP) is 3.63. The van der Waals surface area contributed by atoms with Crippen LogP contribution in [0.25, 0.3) is 21.8 Å². The Bertz CT molecular complexity index is 837. The van der Waals surface area contributed by atoms with Crippen molar-refractivity contribution in [3.8, 4) is 0 Å². The van der Waals surface area contributed by atoms with Gasteiger partial charge < -0.3 is 11.5 Å². The monoisotopic (exact) mass is 351 g/mol. The van der Waals surface area contributed by atoms with E-state index in [1.165, 1.54) is 0 Å². The summed E-state index contributed by atoms with van der Waals surface area (Å²) in [5.74, 6) is 0. The number of para-hydroxylation sites is 2. The number of nitrogens with two attached hydrogens (primary N) is 2. The van der Waals surface area contributed by atoms with E-state index < -0.39 is 0 Å². The molecule has 4 N–H and O–H groups in total. The number of aromatic nitrogens is 2. The first-order valence-corrected chi connectivity index (χ1v) is 6.94. The van der Waals surface area contributed by atoms with Gasteiger partial charge in [-0.05, 0) is 24.3 Å². The topological polar surface area (TPSA) is 77.8 Å². The standard InChI is InChI=1S/2C9H8N2.Cu/c2*10-8-5-1-3-7-4-2-6-11-9(7)8;/h2*1-6H,10H2;. The number of pyridine rings is 2. The molecule has 0 atom stereocenters. The Morgan fingerprint density at radius 3 is 1.35 bits per heavy atom. The molecule has 5 heteroatoms. The van der Waals surface area contributed by atoms with Crippen molar-refractivity contribution < 1.29 is 17.1 Å². The van der Waals surface area contributed by atoms with Gasteiger partial charge in [-0.2, -0.15) is 0 Å². The molecule has 0 spiro atoms. The van der Waals surface area contributed by atoms with Crippen molar-refractivity contribution in [1.29, 1.82) is 0 Å². The largest absolute Gasteiger partial charge is 0.397 e. The quantitative estimate of drug-likeness (QED) is 0.374. The van der Waals surface area contributed by atoms with Gasteiger partial charge in [0.15, 0.2) is 0 Å². The van der Waals surface area contributed by atoms with Crippen LogP contribution in [0.2, 0.25) is 0 Å². The summed E-state index contributed by atoms with van der Waals surface area (Å²) in [6, 6.07) is 19.4. The second-order valence-corrected chi connectivity index (χ2v) is 4.84. The maximum Gasteiger partial charge on any atom is 0.0931 e. The van der Waals surface area contributed by atoms with Crippen molar-refractivity contribution in [2.75, 3.05) is 11.5 Å². The Morgan fingerprint density at radius 2 is 0.957 bits per heavy atom. The molecular formula is C18H16CuN4. The zero-order chi connectivity index (χ0) is 15.4. The van der Waals surface area contributed by atoms with Gasteiger partial charge in [0, 0.05) is 40.2 Å². The number of fused-ring (bicyclic) bond motifs is 2. The SMILES string of the molecule is Nc1cccc2cccnc12.Nc1cccc2cccnc12.[Cu]. The van der Waals surface area contributed by atoms with Crippen LogP contribution in [0.1, 0.15) is 0 Å². The van der Waals surface area contributed by atoms with Crippen molar-refractivity contribution >= 4 is 33.2 Å². The minimum atomic E-state index is 0. The first kappa shape index (κ1) is 16.7. The minimum Gasteiger partial charge on any atom is -0.397 e. The van der Waals surface area contributed by atoms with E-state index in [9.17, 15) is 0 Å². The zero-order valence-electron chi connectivity index (χ0n) is 12.3. The van der Waals surface area contributed by atoms with Gasteiger partial charge >= 0.3 is 0 Å². The number of nitrogens with zero attached hydrogens (tertiary/aromatic N) is 2. The molecule has 2 aromatic heterocycles. The third-order valence-electron chi connectivity index (χ3n) is 3.33. The maximum atomic E-state index is 5.69. The molecular weight excluding hydrogens is 336 g/mol. The van der Waals surface area contributed by atoms with Crippen LogP contribution in [0.4, 0.5) is 11.4 Å². The van der Waals surface area contributed by atoms with E-state index in [4.69, 9.17) is 11.5 Å². The number of hydrogen-bond acceptors (Lipinski definition) is 4. The molecule has 4 aromatic rings. The minimum absolute atomic E-state index is 0. The van der Waals surface area contributed by atoms with Gasteiger partial charge in [0.1, 0.15) is 0 Å². The van der Waals surface area contributed by atoms with Gasteiger partial charge in [0.05, 0.1) is 22.4 Å². The molecule has 0 aliphatic rings. The van der Waals surface area contributed by atoms with Crippen LogP contribution < -0.4 is 11.5 Å². The molecule has 2 heterocycles. The van der Waals surface area contributed by atoms with Crippen LogP contribution in [-0.2, 0) is 17.1 Å². The second-order valence-electron chi connectivity index (χ2n) is 4.84. The maximum absolute atomic E-state index is 5.69. The molecule has 0 saturated carbocycles. The molecule has 0 aliphatic carbocycles. The fourth-order valence-electron chi connectivity index (χ4n) is 2.26. The van der Waals surface area contributed by atoms with Crippen LogP contribution in [0.3, 0.4) is 0 Å². The zero-order valence-corrected chi connectivity index (χ0v) is 13.2. The Hall–Kier alpha value is -2.62. The summed E-state index contributed by atoms with van der Waals surface area (Å²) in [4.78, 5) is 8.31. The van der Waals surface area contributed by atoms with E-state index in [-0.39, 0.29) is 17.1 Å². The fourth-order valence-corrected chi connectivity index (χ4v) is 2.26. The normalized spacial score (nSPS) is 9.74. The third-order valence-corrected chi connectivity index (χ3v) is 3.33. The number of hydrogen-bond donors (Lipinski definition) is 2. The molecule has 4 rings (SSSR count). The average molecular weight is 352 g/mol. The van der Waals surface area contributed by atoms with Crippen LogP contribution in [0.15, 0.2) is 73.1 Å². The molecule has 2 aromatic carbocycles. The van der Waals surface area contributed by atoms with E-state index in [0.717, 1.165) is 33.2 Å². The molecule has 1 radical (unpaired) electrons. The molecule has 0 fully saturated rings. The second kappa shape index (κ2) is 7.58. The van der Waals surface area contributed by atoms with E-state index >= 15 is 0 Å². The molecule has 0 saturated heterocycles. The predicted molar refractivity (Wildman–Crippen MR) is 92.3 cm³/mol. The van der Waals surface area contributed by atoms with Crippen molar-refractivity contribution in [2.45, 2.75) is 0 Å². The molecule has 0 bridgehead atoms. The summed E-state index contributed by atoms with van der Waals surface area (Å²) < 4.78 is 0. The Labute approximate surface area is 145 Å². The van der Waals surface area contributed by atoms with Crippen LogP contribution >= 0.6 is 0 Å². The molecule has 4 nitrogen and oxygen atoms in total. The van der Waals surface area contributed by atoms with Gasteiger partial charge in [-0.3, -0.25) is 9.97 Å². The average Bonchev–Trinajstić information content (AvgIpc) is 2.57. The van der Waals surface area contributed by atoms with Crippen molar-refractivity contribution in [2.24, 2.45) is 0 Å². The summed E-state index contributed by atoms with van der Waals surface area (Å²) in [6.45, 7) is 0. The van der Waals surface area contributed by atoms with Gasteiger partial charge in [0.25, 0.3) is 0 Å². The smallest absolute Gasteiger partial charge is 0.0931 e.